The van der Waals surface area contributed by atoms with E-state index in [1.165, 1.54) is 33.2 Å². The van der Waals surface area contributed by atoms with Crippen molar-refractivity contribution in [3.05, 3.63) is 95.3 Å². The molecule has 10 rings (SSSR count). The fourth-order valence-corrected chi connectivity index (χ4v) is 14.3. The number of hydrogen-bond donors (Lipinski definition) is 3. The van der Waals surface area contributed by atoms with Crippen molar-refractivity contribution < 1.29 is 48.3 Å². The predicted molar refractivity (Wildman–Crippen MR) is 246 cm³/mol. The molecule has 14 heteroatoms. The lowest BCUT2D eigenvalue weighted by atomic mass is 9.47. The third kappa shape index (κ3) is 5.89. The number of hydrogen-bond acceptors (Lipinski definition) is 12. The summed E-state index contributed by atoms with van der Waals surface area (Å²) in [6.45, 7) is 7.52. The van der Waals surface area contributed by atoms with E-state index in [9.17, 15) is 24.6 Å². The summed E-state index contributed by atoms with van der Waals surface area (Å²) in [4.78, 5) is 66.8. The third-order valence-corrected chi connectivity index (χ3v) is 16.8. The van der Waals surface area contributed by atoms with Crippen LogP contribution >= 0.6 is 0 Å². The number of nitrogens with zero attached hydrogens (tertiary/aromatic N) is 3. The van der Waals surface area contributed by atoms with Gasteiger partial charge in [-0.2, -0.15) is 0 Å². The van der Waals surface area contributed by atoms with Crippen LogP contribution in [0, 0.1) is 11.3 Å². The first-order chi connectivity index (χ1) is 31.7. The number of ether oxygens (including phenoxy) is 4. The average Bonchev–Trinajstić information content (AvgIpc) is 4.00. The molecule has 1 spiro atoms. The molecule has 14 nitrogen and oxygen atoms in total. The highest BCUT2D eigenvalue weighted by atomic mass is 16.6. The predicted octanol–water partition coefficient (Wildman–Crippen LogP) is 5.53. The van der Waals surface area contributed by atoms with Gasteiger partial charge in [0.25, 0.3) is 0 Å². The van der Waals surface area contributed by atoms with Crippen LogP contribution in [0.1, 0.15) is 81.7 Å². The highest BCUT2D eigenvalue weighted by Gasteiger charge is 2.81. The number of anilines is 1. The van der Waals surface area contributed by atoms with Crippen LogP contribution < -0.4 is 9.64 Å². The molecule has 3 aromatic carbocycles. The number of esters is 3. The first-order valence-electron chi connectivity index (χ1n) is 23.3. The highest BCUT2D eigenvalue weighted by Crippen LogP contribution is 2.69. The molecule has 2 bridgehead atoms. The quantitative estimate of drug-likeness (QED) is 0.109. The summed E-state index contributed by atoms with van der Waals surface area (Å²) in [5.41, 5.74) is -1.17. The Bertz CT molecular complexity index is 2670. The van der Waals surface area contributed by atoms with Gasteiger partial charge in [-0.3, -0.25) is 19.3 Å². The maximum Gasteiger partial charge on any atom is 0.344 e. The molecule has 3 fully saturated rings. The van der Waals surface area contributed by atoms with Gasteiger partial charge in [0.15, 0.2) is 6.10 Å². The monoisotopic (exact) mass is 900 g/mol. The van der Waals surface area contributed by atoms with E-state index in [4.69, 9.17) is 18.9 Å². The van der Waals surface area contributed by atoms with Crippen molar-refractivity contribution in [2.45, 2.75) is 106 Å². The molecule has 348 valence electrons. The molecule has 10 atom stereocenters. The number of carbonyl (C=O) groups is 4. The second kappa shape index (κ2) is 15.7. The van der Waals surface area contributed by atoms with Gasteiger partial charge in [-0.15, -0.1) is 0 Å². The first-order valence-corrected chi connectivity index (χ1v) is 23.3. The maximum atomic E-state index is 15.6. The minimum atomic E-state index is -2.53. The van der Waals surface area contributed by atoms with Crippen LogP contribution in [0.25, 0.3) is 22.0 Å². The van der Waals surface area contributed by atoms with Crippen molar-refractivity contribution in [3.63, 3.8) is 0 Å². The van der Waals surface area contributed by atoms with E-state index in [1.54, 1.807) is 6.07 Å². The summed E-state index contributed by atoms with van der Waals surface area (Å²) in [7, 11) is 4.11. The van der Waals surface area contributed by atoms with E-state index in [1.807, 2.05) is 50.4 Å². The lowest BCUT2D eigenvalue weighted by Crippen LogP contribution is -2.81. The molecule has 6 aliphatic rings. The molecule has 1 aromatic heterocycles. The molecule has 1 amide bonds. The number of methoxy groups -OCH3 is 3. The van der Waals surface area contributed by atoms with Crippen LogP contribution in [0.2, 0.25) is 0 Å². The maximum absolute atomic E-state index is 15.6. The number of amides is 1. The fraction of sp³-hybridized carbons (Fsp3) is 0.500. The zero-order valence-corrected chi connectivity index (χ0v) is 38.6. The molecule has 4 aromatic rings. The molecular weight excluding hydrogens is 841 g/mol. The number of aromatic amines is 1. The van der Waals surface area contributed by atoms with Crippen molar-refractivity contribution in [2.24, 2.45) is 11.3 Å². The van der Waals surface area contributed by atoms with Crippen molar-refractivity contribution in [2.75, 3.05) is 52.4 Å². The smallest absolute Gasteiger partial charge is 0.344 e. The van der Waals surface area contributed by atoms with Gasteiger partial charge in [0.05, 0.1) is 38.7 Å². The van der Waals surface area contributed by atoms with Crippen molar-refractivity contribution in [1.29, 1.82) is 0 Å². The van der Waals surface area contributed by atoms with Crippen LogP contribution in [0.15, 0.2) is 72.9 Å². The van der Waals surface area contributed by atoms with Crippen LogP contribution in [-0.4, -0.2) is 126 Å². The second-order valence-corrected chi connectivity index (χ2v) is 19.7. The summed E-state index contributed by atoms with van der Waals surface area (Å²) in [5, 5.41) is 26.5. The van der Waals surface area contributed by atoms with E-state index in [2.05, 4.69) is 45.1 Å². The van der Waals surface area contributed by atoms with E-state index in [-0.39, 0.29) is 12.3 Å². The molecule has 3 N–H and O–H groups in total. The Morgan fingerprint density at radius 3 is 2.35 bits per heavy atom. The zero-order valence-electron chi connectivity index (χ0n) is 38.6. The SMILES string of the molecule is CC[C@]1(O)C[C@H]2CN(CCc3c([nH]c4ccc(-c5ccccc5)cc34)[C@@](C(=O)OC)(c3cc4c(cc3OC)N(C=O)[C@H]3[C@@](O)(C(=O)OC)[C@H](OC(C)=O)[C@]5(CC)CC=CN6CC[C@]43[C@@H]65)C2)C1. The number of H-pyrrole nitrogens is 1. The summed E-state index contributed by atoms with van der Waals surface area (Å²) in [6.07, 6.45) is 6.20. The van der Waals surface area contributed by atoms with Crippen LogP contribution in [0.5, 0.6) is 5.75 Å². The van der Waals surface area contributed by atoms with Gasteiger partial charge >= 0.3 is 17.9 Å². The molecule has 5 aliphatic heterocycles. The first kappa shape index (κ1) is 44.2. The lowest BCUT2D eigenvalue weighted by molar-refractivity contribution is -0.235. The molecule has 2 saturated heterocycles. The molecule has 1 saturated carbocycles. The Balaban J connectivity index is 1.29. The number of aliphatic hydroxyl groups is 2. The number of carbonyl (C=O) groups excluding carboxylic acids is 4. The normalized spacial score (nSPS) is 33.9. The van der Waals surface area contributed by atoms with Crippen LogP contribution in [0.3, 0.4) is 0 Å². The number of aromatic nitrogens is 1. The number of benzene rings is 3. The Morgan fingerprint density at radius 1 is 0.894 bits per heavy atom. The number of fused-ring (bicyclic) bond motifs is 6. The van der Waals surface area contributed by atoms with Crippen LogP contribution in [-0.2, 0) is 50.6 Å². The van der Waals surface area contributed by atoms with Gasteiger partial charge < -0.3 is 43.9 Å². The zero-order chi connectivity index (χ0) is 46.6. The summed E-state index contributed by atoms with van der Waals surface area (Å²) in [5.74, 6) is -2.10. The van der Waals surface area contributed by atoms with E-state index in [0.29, 0.717) is 99.4 Å². The van der Waals surface area contributed by atoms with Gasteiger partial charge in [0.2, 0.25) is 12.0 Å². The minimum Gasteiger partial charge on any atom is -0.496 e. The van der Waals surface area contributed by atoms with E-state index >= 15 is 4.79 Å². The summed E-state index contributed by atoms with van der Waals surface area (Å²) < 4.78 is 24.0. The second-order valence-electron chi connectivity index (χ2n) is 19.7. The minimum absolute atomic E-state index is 0.183. The molecule has 0 radical (unpaired) electrons. The number of allylic oxidation sites excluding steroid dienone is 1. The van der Waals surface area contributed by atoms with Gasteiger partial charge in [-0.1, -0.05) is 56.3 Å². The largest absolute Gasteiger partial charge is 0.496 e. The Morgan fingerprint density at radius 2 is 1.67 bits per heavy atom. The highest BCUT2D eigenvalue weighted by molar-refractivity contribution is 5.97. The molecule has 6 heterocycles. The van der Waals surface area contributed by atoms with Gasteiger partial charge in [0.1, 0.15) is 11.2 Å². The molecule has 1 unspecified atom stereocenters. The van der Waals surface area contributed by atoms with E-state index in [0.717, 1.165) is 27.6 Å². The van der Waals surface area contributed by atoms with Gasteiger partial charge in [-0.05, 0) is 97.5 Å². The van der Waals surface area contributed by atoms with Gasteiger partial charge in [0, 0.05) is 78.2 Å². The molecule has 1 aliphatic carbocycles. The Kier molecular flexibility index (Phi) is 10.5. The standard InChI is InChI=1S/C52H60N4O10/c1-7-48(61)26-32-27-51(46(59)64-5,42-35(17-21-54(28-32)29-48)36-23-34(15-16-39(36)53-42)33-13-10-9-11-14-33)38-24-37-40(25-41(38)63-4)56(30-57)44-50(37)19-22-55-20-12-18-49(8-2,43(50)55)45(66-31(3)58)52(44,62)47(60)65-6/h9-16,20,23-25,30,32,43-45,53,61-62H,7-8,17-19,21-22,26-29H2,1-6H3/t32-,43+,44-,45-,48+,49-,50-,51+,52+/m1/s1. The number of nitrogens with one attached hydrogen (secondary N) is 1. The Hall–Kier alpha value is -5.70. The Labute approximate surface area is 384 Å². The van der Waals surface area contributed by atoms with Crippen molar-refractivity contribution >= 4 is 40.9 Å². The lowest BCUT2D eigenvalue weighted by Gasteiger charge is -2.63. The van der Waals surface area contributed by atoms with Gasteiger partial charge in [-0.25, -0.2) is 4.79 Å². The summed E-state index contributed by atoms with van der Waals surface area (Å²) >= 11 is 0. The number of rotatable bonds is 9. The fourth-order valence-electron chi connectivity index (χ4n) is 14.3. The topological polar surface area (TPSA) is 171 Å². The van der Waals surface area contributed by atoms with E-state index < -0.39 is 63.5 Å². The number of piperidine rings is 1. The third-order valence-electron chi connectivity index (χ3n) is 16.8. The van der Waals surface area contributed by atoms with Crippen LogP contribution in [0.4, 0.5) is 5.69 Å². The molecule has 66 heavy (non-hydrogen) atoms. The summed E-state index contributed by atoms with van der Waals surface area (Å²) in [6, 6.07) is 18.4. The average molecular weight is 901 g/mol. The van der Waals surface area contributed by atoms with Crippen molar-refractivity contribution in [3.8, 4) is 16.9 Å². The van der Waals surface area contributed by atoms with Crippen molar-refractivity contribution in [1.82, 2.24) is 14.8 Å². The molecular formula is C52H60N4O10.